The molecule has 2 fully saturated rings. The molecule has 0 spiro atoms. The van der Waals surface area contributed by atoms with Gasteiger partial charge in [0.15, 0.2) is 6.10 Å². The molecule has 1 aliphatic heterocycles. The molecule has 1 aliphatic carbocycles. The third kappa shape index (κ3) is 5.89. The maximum atomic E-state index is 6.38. The molecule has 3 aromatic rings. The molecular weight excluding hydrogens is 424 g/mol. The minimum atomic E-state index is -0.270. The van der Waals surface area contributed by atoms with Gasteiger partial charge in [-0.3, -0.25) is 0 Å². The predicted octanol–water partition coefficient (Wildman–Crippen LogP) is 5.93. The molecule has 1 heterocycles. The molecule has 0 bridgehead atoms. The van der Waals surface area contributed by atoms with E-state index in [0.717, 1.165) is 11.1 Å². The molecule has 4 nitrogen and oxygen atoms in total. The van der Waals surface area contributed by atoms with Crippen LogP contribution in [0.3, 0.4) is 0 Å². The van der Waals surface area contributed by atoms with Gasteiger partial charge >= 0.3 is 0 Å². The molecule has 5 rings (SSSR count). The molecule has 0 amide bonds. The van der Waals surface area contributed by atoms with Crippen LogP contribution in [0.4, 0.5) is 0 Å². The van der Waals surface area contributed by atoms with Gasteiger partial charge in [0, 0.05) is 0 Å². The van der Waals surface area contributed by atoms with E-state index in [0.29, 0.717) is 31.7 Å². The molecule has 0 unspecified atom stereocenters. The van der Waals surface area contributed by atoms with Gasteiger partial charge < -0.3 is 14.2 Å². The smallest absolute Gasteiger partial charge is 0.260 e. The first-order chi connectivity index (χ1) is 16.8. The van der Waals surface area contributed by atoms with Gasteiger partial charge in [0.1, 0.15) is 12.7 Å². The van der Waals surface area contributed by atoms with Gasteiger partial charge in [0.2, 0.25) is 0 Å². The second-order valence-corrected chi connectivity index (χ2v) is 9.31. The Hall–Kier alpha value is -2.63. The van der Waals surface area contributed by atoms with Gasteiger partial charge in [0.25, 0.3) is 12.7 Å². The summed E-state index contributed by atoms with van der Waals surface area (Å²) in [5.41, 5.74) is 3.67. The fourth-order valence-electron chi connectivity index (χ4n) is 4.73. The van der Waals surface area contributed by atoms with Crippen molar-refractivity contribution in [3.05, 3.63) is 114 Å². The van der Waals surface area contributed by atoms with Crippen LogP contribution in [0.15, 0.2) is 91.0 Å². The first kappa shape index (κ1) is 23.1. The van der Waals surface area contributed by atoms with E-state index in [4.69, 9.17) is 18.9 Å². The Morgan fingerprint density at radius 1 is 0.765 bits per heavy atom. The topological polar surface area (TPSA) is 36.9 Å². The molecular formula is C30H33O4+. The van der Waals surface area contributed by atoms with Crippen LogP contribution in [-0.4, -0.2) is 31.0 Å². The van der Waals surface area contributed by atoms with Gasteiger partial charge in [-0.2, -0.15) is 4.74 Å². The van der Waals surface area contributed by atoms with Crippen molar-refractivity contribution in [1.82, 2.24) is 0 Å². The van der Waals surface area contributed by atoms with Crippen molar-refractivity contribution in [3.8, 4) is 0 Å². The highest BCUT2D eigenvalue weighted by atomic mass is 16.6. The summed E-state index contributed by atoms with van der Waals surface area (Å²) in [5, 5.41) is 0. The number of hydrogen-bond acceptors (Lipinski definition) is 4. The second-order valence-electron chi connectivity index (χ2n) is 9.31. The molecule has 1 saturated heterocycles. The molecule has 3 aromatic carbocycles. The van der Waals surface area contributed by atoms with Crippen LogP contribution in [0.5, 0.6) is 0 Å². The largest absolute Gasteiger partial charge is 0.368 e. The third-order valence-corrected chi connectivity index (χ3v) is 6.74. The summed E-state index contributed by atoms with van der Waals surface area (Å²) in [6.07, 6.45) is 0.409. The van der Waals surface area contributed by atoms with Crippen molar-refractivity contribution < 1.29 is 18.9 Å². The lowest BCUT2D eigenvalue weighted by Crippen LogP contribution is -2.37. The maximum Gasteiger partial charge on any atom is 0.260 e. The van der Waals surface area contributed by atoms with E-state index in [1.165, 1.54) is 12.0 Å². The molecule has 1 saturated carbocycles. The average molecular weight is 458 g/mol. The van der Waals surface area contributed by atoms with Gasteiger partial charge in [-0.25, -0.2) is 0 Å². The predicted molar refractivity (Wildman–Crippen MR) is 132 cm³/mol. The minimum absolute atomic E-state index is 0.0904. The highest BCUT2D eigenvalue weighted by Crippen LogP contribution is 2.47. The Balaban J connectivity index is 1.18. The lowest BCUT2D eigenvalue weighted by atomic mass is 10.1. The summed E-state index contributed by atoms with van der Waals surface area (Å²) in [7, 11) is 0. The SMILES string of the molecule is C[C@@H]1O[C@@H]([CH+]OC[C@@H]2C[C@H]2c2ccccc2)[C@H](OCc2ccccc2)[C@H]1OCc1ccccc1. The molecule has 0 N–H and O–H groups in total. The molecule has 176 valence electrons. The molecule has 2 aliphatic rings. The summed E-state index contributed by atoms with van der Waals surface area (Å²) in [4.78, 5) is 0. The summed E-state index contributed by atoms with van der Waals surface area (Å²) in [6, 6.07) is 31.1. The van der Waals surface area contributed by atoms with Crippen molar-refractivity contribution in [3.63, 3.8) is 0 Å². The standard InChI is InChI=1S/C30H33O4/c1-22-29(32-18-23-11-5-2-6-12-23)30(33-19-24-13-7-3-8-14-24)28(34-22)21-31-20-26-17-27(26)25-15-9-4-10-16-25/h2-16,21-22,26-30H,17-20H2,1H3/q+1/t22-,26-,27-,28-,29-,30-/m0/s1. The molecule has 0 aromatic heterocycles. The first-order valence-electron chi connectivity index (χ1n) is 12.2. The van der Waals surface area contributed by atoms with Crippen molar-refractivity contribution >= 4 is 0 Å². The van der Waals surface area contributed by atoms with Crippen LogP contribution in [-0.2, 0) is 32.2 Å². The molecule has 6 atom stereocenters. The van der Waals surface area contributed by atoms with Crippen LogP contribution >= 0.6 is 0 Å². The Bertz CT molecular complexity index is 994. The monoisotopic (exact) mass is 457 g/mol. The number of ether oxygens (including phenoxy) is 4. The molecule has 0 radical (unpaired) electrons. The second kappa shape index (κ2) is 11.2. The zero-order valence-electron chi connectivity index (χ0n) is 19.7. The van der Waals surface area contributed by atoms with Gasteiger partial charge in [0.05, 0.1) is 19.3 Å². The molecule has 4 heteroatoms. The van der Waals surface area contributed by atoms with E-state index < -0.39 is 0 Å². The Labute approximate surface area is 202 Å². The van der Waals surface area contributed by atoms with Crippen molar-refractivity contribution in [2.45, 2.75) is 56.9 Å². The van der Waals surface area contributed by atoms with Crippen LogP contribution in [0.1, 0.15) is 36.0 Å². The lowest BCUT2D eigenvalue weighted by molar-refractivity contribution is -0.0796. The maximum absolute atomic E-state index is 6.38. The van der Waals surface area contributed by atoms with E-state index in [2.05, 4.69) is 61.5 Å². The minimum Gasteiger partial charge on any atom is -0.368 e. The normalized spacial score (nSPS) is 28.0. The van der Waals surface area contributed by atoms with E-state index in [-0.39, 0.29) is 24.4 Å². The Kier molecular flexibility index (Phi) is 7.62. The van der Waals surface area contributed by atoms with Crippen molar-refractivity contribution in [2.75, 3.05) is 6.61 Å². The van der Waals surface area contributed by atoms with Gasteiger partial charge in [-0.15, -0.1) is 0 Å². The quantitative estimate of drug-likeness (QED) is 0.335. The number of benzene rings is 3. The summed E-state index contributed by atoms with van der Waals surface area (Å²) < 4.78 is 25.0. The van der Waals surface area contributed by atoms with E-state index in [1.807, 2.05) is 43.0 Å². The zero-order valence-corrected chi connectivity index (χ0v) is 19.7. The van der Waals surface area contributed by atoms with Crippen molar-refractivity contribution in [2.24, 2.45) is 5.92 Å². The summed E-state index contributed by atoms with van der Waals surface area (Å²) in [5.74, 6) is 1.16. The average Bonchev–Trinajstić information content (AvgIpc) is 3.60. The van der Waals surface area contributed by atoms with Crippen molar-refractivity contribution in [1.29, 1.82) is 0 Å². The lowest BCUT2D eigenvalue weighted by Gasteiger charge is -2.21. The van der Waals surface area contributed by atoms with Crippen LogP contribution < -0.4 is 0 Å². The Morgan fingerprint density at radius 2 is 1.32 bits per heavy atom. The van der Waals surface area contributed by atoms with Crippen LogP contribution in [0.2, 0.25) is 0 Å². The third-order valence-electron chi connectivity index (χ3n) is 6.74. The van der Waals surface area contributed by atoms with E-state index in [1.54, 1.807) is 0 Å². The van der Waals surface area contributed by atoms with Crippen LogP contribution in [0, 0.1) is 12.5 Å². The zero-order chi connectivity index (χ0) is 23.2. The molecule has 34 heavy (non-hydrogen) atoms. The van der Waals surface area contributed by atoms with E-state index in [9.17, 15) is 0 Å². The summed E-state index contributed by atoms with van der Waals surface area (Å²) in [6.45, 7) is 5.62. The van der Waals surface area contributed by atoms with Gasteiger partial charge in [-0.1, -0.05) is 91.0 Å². The van der Waals surface area contributed by atoms with E-state index >= 15 is 0 Å². The highest BCUT2D eigenvalue weighted by Gasteiger charge is 2.50. The summed E-state index contributed by atoms with van der Waals surface area (Å²) >= 11 is 0. The number of rotatable bonds is 11. The fourth-order valence-corrected chi connectivity index (χ4v) is 4.73. The van der Waals surface area contributed by atoms with Gasteiger partial charge in [-0.05, 0) is 41.9 Å². The highest BCUT2D eigenvalue weighted by molar-refractivity contribution is 5.25. The van der Waals surface area contributed by atoms with Crippen LogP contribution in [0.25, 0.3) is 0 Å². The first-order valence-corrected chi connectivity index (χ1v) is 12.2. The fraction of sp³-hybridized carbons (Fsp3) is 0.367. The Morgan fingerprint density at radius 3 is 1.94 bits per heavy atom. The number of hydrogen-bond donors (Lipinski definition) is 0.